The van der Waals surface area contributed by atoms with E-state index in [2.05, 4.69) is 40.9 Å². The molecule has 5 heteroatoms. The van der Waals surface area contributed by atoms with Crippen LogP contribution in [0.2, 0.25) is 5.02 Å². The zero-order valence-corrected chi connectivity index (χ0v) is 16.8. The Kier molecular flexibility index (Phi) is 5.35. The first-order valence-corrected chi connectivity index (χ1v) is 10.6. The number of benzene rings is 2. The van der Waals surface area contributed by atoms with Crippen molar-refractivity contribution in [1.29, 1.82) is 0 Å². The number of methoxy groups -OCH3 is 2. The third-order valence-electron chi connectivity index (χ3n) is 5.45. The predicted molar refractivity (Wildman–Crippen MR) is 109 cm³/mol. The Labute approximate surface area is 164 Å². The maximum absolute atomic E-state index is 6.34. The average molecular weight is 390 g/mol. The normalized spacial score (nSPS) is 22.9. The topological polar surface area (TPSA) is 21.7 Å². The van der Waals surface area contributed by atoms with Crippen LogP contribution in [-0.4, -0.2) is 43.2 Å². The van der Waals surface area contributed by atoms with Gasteiger partial charge in [-0.2, -0.15) is 11.8 Å². The van der Waals surface area contributed by atoms with E-state index in [0.717, 1.165) is 29.5 Å². The summed E-state index contributed by atoms with van der Waals surface area (Å²) < 4.78 is 11.1. The summed E-state index contributed by atoms with van der Waals surface area (Å²) in [5, 5.41) is 0.788. The van der Waals surface area contributed by atoms with Gasteiger partial charge in [0.1, 0.15) is 0 Å². The summed E-state index contributed by atoms with van der Waals surface area (Å²) in [6.07, 6.45) is 2.29. The molecule has 0 spiro atoms. The van der Waals surface area contributed by atoms with Crippen molar-refractivity contribution < 1.29 is 9.47 Å². The van der Waals surface area contributed by atoms with Gasteiger partial charge in [0.05, 0.1) is 20.3 Å². The van der Waals surface area contributed by atoms with Crippen molar-refractivity contribution in [2.24, 2.45) is 0 Å². The smallest absolute Gasteiger partial charge is 0.161 e. The van der Waals surface area contributed by atoms with Crippen LogP contribution in [-0.2, 0) is 6.42 Å². The lowest BCUT2D eigenvalue weighted by molar-refractivity contribution is 0.159. The van der Waals surface area contributed by atoms with Gasteiger partial charge in [0, 0.05) is 23.4 Å². The first-order chi connectivity index (χ1) is 12.7. The Morgan fingerprint density at radius 2 is 1.92 bits per heavy atom. The van der Waals surface area contributed by atoms with E-state index in [4.69, 9.17) is 21.1 Å². The van der Waals surface area contributed by atoms with E-state index >= 15 is 0 Å². The maximum atomic E-state index is 6.34. The summed E-state index contributed by atoms with van der Waals surface area (Å²) in [4.78, 5) is 2.67. The highest BCUT2D eigenvalue weighted by Crippen LogP contribution is 2.43. The summed E-state index contributed by atoms with van der Waals surface area (Å²) in [7, 11) is 3.40. The zero-order valence-electron chi connectivity index (χ0n) is 15.2. The first-order valence-electron chi connectivity index (χ1n) is 9.05. The van der Waals surface area contributed by atoms with Crippen molar-refractivity contribution in [2.45, 2.75) is 24.9 Å². The van der Waals surface area contributed by atoms with Crippen molar-refractivity contribution in [3.05, 3.63) is 58.1 Å². The lowest BCUT2D eigenvalue weighted by Crippen LogP contribution is -2.43. The molecular formula is C21H24ClNO2S. The highest BCUT2D eigenvalue weighted by Gasteiger charge is 2.35. The molecule has 0 unspecified atom stereocenters. The van der Waals surface area contributed by atoms with Gasteiger partial charge >= 0.3 is 0 Å². The molecule has 2 aromatic carbocycles. The Hall–Kier alpha value is -1.36. The van der Waals surface area contributed by atoms with Crippen LogP contribution >= 0.6 is 23.4 Å². The summed E-state index contributed by atoms with van der Waals surface area (Å²) >= 11 is 8.40. The van der Waals surface area contributed by atoms with E-state index in [1.54, 1.807) is 14.2 Å². The van der Waals surface area contributed by atoms with Gasteiger partial charge in [-0.1, -0.05) is 23.7 Å². The summed E-state index contributed by atoms with van der Waals surface area (Å²) in [6, 6.07) is 13.4. The number of rotatable bonds is 4. The van der Waals surface area contributed by atoms with Crippen LogP contribution in [0.15, 0.2) is 36.4 Å². The lowest BCUT2D eigenvalue weighted by atomic mass is 9.86. The van der Waals surface area contributed by atoms with Crippen LogP contribution in [0, 0.1) is 0 Å². The highest BCUT2D eigenvalue weighted by atomic mass is 35.5. The molecule has 4 rings (SSSR count). The molecule has 2 aliphatic rings. The zero-order chi connectivity index (χ0) is 18.1. The van der Waals surface area contributed by atoms with Crippen LogP contribution in [0.1, 0.15) is 29.2 Å². The number of hydrogen-bond acceptors (Lipinski definition) is 4. The molecule has 1 fully saturated rings. The molecule has 0 aliphatic carbocycles. The molecule has 3 nitrogen and oxygen atoms in total. The van der Waals surface area contributed by atoms with Crippen molar-refractivity contribution in [2.75, 3.05) is 32.3 Å². The van der Waals surface area contributed by atoms with Crippen molar-refractivity contribution in [3.8, 4) is 11.5 Å². The Balaban J connectivity index is 1.84. The van der Waals surface area contributed by atoms with Gasteiger partial charge in [0.25, 0.3) is 0 Å². The van der Waals surface area contributed by atoms with E-state index in [1.165, 1.54) is 34.6 Å². The molecule has 0 radical (unpaired) electrons. The molecule has 0 aromatic heterocycles. The highest BCUT2D eigenvalue weighted by molar-refractivity contribution is 7.99. The van der Waals surface area contributed by atoms with Gasteiger partial charge in [0.15, 0.2) is 11.5 Å². The van der Waals surface area contributed by atoms with Crippen LogP contribution in [0.4, 0.5) is 0 Å². The van der Waals surface area contributed by atoms with Crippen molar-refractivity contribution >= 4 is 23.4 Å². The quantitative estimate of drug-likeness (QED) is 0.747. The summed E-state index contributed by atoms with van der Waals surface area (Å²) in [6.45, 7) is 1.06. The minimum Gasteiger partial charge on any atom is -0.493 e. The van der Waals surface area contributed by atoms with Crippen LogP contribution in [0.5, 0.6) is 11.5 Å². The van der Waals surface area contributed by atoms with Gasteiger partial charge in [-0.25, -0.2) is 0 Å². The number of hydrogen-bond donors (Lipinski definition) is 0. The number of thioether (sulfide) groups is 1. The van der Waals surface area contributed by atoms with Crippen molar-refractivity contribution in [3.63, 3.8) is 0 Å². The van der Waals surface area contributed by atoms with E-state index < -0.39 is 0 Å². The summed E-state index contributed by atoms with van der Waals surface area (Å²) in [5.74, 6) is 4.06. The maximum Gasteiger partial charge on any atom is 0.161 e. The molecule has 138 valence electrons. The fourth-order valence-electron chi connectivity index (χ4n) is 4.19. The third kappa shape index (κ3) is 3.30. The monoisotopic (exact) mass is 389 g/mol. The van der Waals surface area contributed by atoms with Crippen LogP contribution in [0.3, 0.4) is 0 Å². The molecule has 0 amide bonds. The number of halogens is 1. The first kappa shape index (κ1) is 18.0. The second kappa shape index (κ2) is 7.71. The minimum atomic E-state index is 0.209. The van der Waals surface area contributed by atoms with Gasteiger partial charge in [-0.15, -0.1) is 0 Å². The number of ether oxygens (including phenoxy) is 2. The standard InChI is InChI=1S/C21H24ClNO2S/c1-24-19-11-14-6-8-23(17-7-9-26-13-17)21(18(14)12-20(19)25-2)15-4-3-5-16(22)10-15/h3-5,10-12,17,21H,6-9,13H2,1-2H3/t17-,21-/m0/s1. The predicted octanol–water partition coefficient (Wildman–Crippen LogP) is 4.81. The molecule has 0 saturated carbocycles. The molecule has 0 N–H and O–H groups in total. The molecule has 2 heterocycles. The molecule has 2 atom stereocenters. The fraction of sp³-hybridized carbons (Fsp3) is 0.429. The Morgan fingerprint density at radius 1 is 1.12 bits per heavy atom. The molecule has 2 aliphatic heterocycles. The molecule has 0 bridgehead atoms. The second-order valence-corrected chi connectivity index (χ2v) is 8.46. The number of fused-ring (bicyclic) bond motifs is 1. The van der Waals surface area contributed by atoms with Gasteiger partial charge in [-0.05, 0) is 59.6 Å². The second-order valence-electron chi connectivity index (χ2n) is 6.87. The van der Waals surface area contributed by atoms with Gasteiger partial charge < -0.3 is 9.47 Å². The SMILES string of the molecule is COc1cc2c(cc1OC)[C@H](c1cccc(Cl)c1)N([C@H]1CCSC1)CC2. The van der Waals surface area contributed by atoms with Crippen molar-refractivity contribution in [1.82, 2.24) is 4.90 Å². The van der Waals surface area contributed by atoms with E-state index in [1.807, 2.05) is 12.1 Å². The van der Waals surface area contributed by atoms with E-state index in [9.17, 15) is 0 Å². The third-order valence-corrected chi connectivity index (χ3v) is 6.83. The van der Waals surface area contributed by atoms with Gasteiger partial charge in [-0.3, -0.25) is 4.90 Å². The van der Waals surface area contributed by atoms with E-state index in [0.29, 0.717) is 6.04 Å². The molecule has 2 aromatic rings. The minimum absolute atomic E-state index is 0.209. The Morgan fingerprint density at radius 3 is 2.62 bits per heavy atom. The van der Waals surface area contributed by atoms with Gasteiger partial charge in [0.2, 0.25) is 0 Å². The fourth-order valence-corrected chi connectivity index (χ4v) is 5.62. The largest absolute Gasteiger partial charge is 0.493 e. The number of nitrogens with zero attached hydrogens (tertiary/aromatic N) is 1. The molecule has 26 heavy (non-hydrogen) atoms. The van der Waals surface area contributed by atoms with E-state index in [-0.39, 0.29) is 6.04 Å². The lowest BCUT2D eigenvalue weighted by Gasteiger charge is -2.41. The Bertz CT molecular complexity index is 792. The average Bonchev–Trinajstić information content (AvgIpc) is 3.20. The molecular weight excluding hydrogens is 366 g/mol. The van der Waals surface area contributed by atoms with Crippen LogP contribution < -0.4 is 9.47 Å². The molecule has 1 saturated heterocycles. The van der Waals surface area contributed by atoms with Crippen LogP contribution in [0.25, 0.3) is 0 Å². The summed E-state index contributed by atoms with van der Waals surface area (Å²) in [5.41, 5.74) is 3.91.